The predicted octanol–water partition coefficient (Wildman–Crippen LogP) is 5.02. The van der Waals surface area contributed by atoms with Crippen LogP contribution in [0.3, 0.4) is 0 Å². The van der Waals surface area contributed by atoms with E-state index >= 15 is 0 Å². The van der Waals surface area contributed by atoms with Crippen LogP contribution in [0.4, 0.5) is 10.1 Å². The molecule has 1 aliphatic rings. The molecule has 1 unspecified atom stereocenters. The standard InChI is InChI=1S/C23H15FN2O/c24-20-11-5-10-18-21(16-7-2-1-3-8-16)19(23(27)22(18)20)14-26-17-9-4-6-15(12-17)13-25/h1-12,14,21,26H/b19-14-. The lowest BCUT2D eigenvalue weighted by Gasteiger charge is -2.14. The summed E-state index contributed by atoms with van der Waals surface area (Å²) in [6, 6.07) is 23.4. The molecule has 0 saturated heterocycles. The Morgan fingerprint density at radius 2 is 1.78 bits per heavy atom. The van der Waals surface area contributed by atoms with Crippen LogP contribution in [-0.4, -0.2) is 5.78 Å². The first kappa shape index (κ1) is 16.7. The largest absolute Gasteiger partial charge is 0.361 e. The second kappa shape index (κ2) is 6.89. The van der Waals surface area contributed by atoms with E-state index in [0.29, 0.717) is 22.4 Å². The Bertz CT molecular complexity index is 1100. The van der Waals surface area contributed by atoms with E-state index in [1.54, 1.807) is 36.5 Å². The van der Waals surface area contributed by atoms with Gasteiger partial charge in [0.1, 0.15) is 5.82 Å². The number of hydrogen-bond acceptors (Lipinski definition) is 3. The van der Waals surface area contributed by atoms with Gasteiger partial charge >= 0.3 is 0 Å². The van der Waals surface area contributed by atoms with E-state index in [1.807, 2.05) is 36.4 Å². The number of anilines is 1. The molecule has 0 bridgehead atoms. The molecule has 0 aromatic heterocycles. The molecule has 1 atom stereocenters. The van der Waals surface area contributed by atoms with Crippen molar-refractivity contribution < 1.29 is 9.18 Å². The number of nitrogens with one attached hydrogen (secondary N) is 1. The Morgan fingerprint density at radius 3 is 2.56 bits per heavy atom. The van der Waals surface area contributed by atoms with Crippen molar-refractivity contribution in [2.24, 2.45) is 0 Å². The Kier molecular flexibility index (Phi) is 4.27. The van der Waals surface area contributed by atoms with Crippen LogP contribution in [0.15, 0.2) is 84.6 Å². The highest BCUT2D eigenvalue weighted by molar-refractivity contribution is 6.15. The van der Waals surface area contributed by atoms with Gasteiger partial charge in [-0.05, 0) is 35.4 Å². The molecular weight excluding hydrogens is 339 g/mol. The molecule has 27 heavy (non-hydrogen) atoms. The van der Waals surface area contributed by atoms with Gasteiger partial charge in [0.25, 0.3) is 0 Å². The highest BCUT2D eigenvalue weighted by atomic mass is 19.1. The Morgan fingerprint density at radius 1 is 1.00 bits per heavy atom. The van der Waals surface area contributed by atoms with E-state index in [4.69, 9.17) is 5.26 Å². The SMILES string of the molecule is N#Cc1cccc(N/C=C2\C(=O)c3c(F)cccc3C2c2ccccc2)c1. The average Bonchev–Trinajstić information content (AvgIpc) is 3.00. The monoisotopic (exact) mass is 354 g/mol. The van der Waals surface area contributed by atoms with Crippen molar-refractivity contribution in [1.29, 1.82) is 5.26 Å². The minimum atomic E-state index is -0.506. The molecule has 3 nitrogen and oxygen atoms in total. The smallest absolute Gasteiger partial charge is 0.194 e. The normalized spacial score (nSPS) is 16.8. The number of nitriles is 1. The third-order valence-corrected chi connectivity index (χ3v) is 4.68. The van der Waals surface area contributed by atoms with Gasteiger partial charge in [-0.3, -0.25) is 4.79 Å². The molecule has 4 heteroatoms. The first-order valence-electron chi connectivity index (χ1n) is 8.54. The number of fused-ring (bicyclic) bond motifs is 1. The van der Waals surface area contributed by atoms with Crippen LogP contribution in [-0.2, 0) is 0 Å². The predicted molar refractivity (Wildman–Crippen MR) is 102 cm³/mol. The molecule has 130 valence electrons. The quantitative estimate of drug-likeness (QED) is 0.672. The number of Topliss-reactive ketones (excluding diaryl/α,β-unsaturated/α-hetero) is 1. The third-order valence-electron chi connectivity index (χ3n) is 4.68. The maximum absolute atomic E-state index is 14.4. The fraction of sp³-hybridized carbons (Fsp3) is 0.0435. The summed E-state index contributed by atoms with van der Waals surface area (Å²) in [6.07, 6.45) is 1.62. The van der Waals surface area contributed by atoms with Crippen LogP contribution < -0.4 is 5.32 Å². The number of halogens is 1. The van der Waals surface area contributed by atoms with Crippen LogP contribution in [0.1, 0.15) is 33.0 Å². The van der Waals surface area contributed by atoms with Crippen molar-refractivity contribution in [3.63, 3.8) is 0 Å². The Balaban J connectivity index is 1.79. The molecule has 0 heterocycles. The van der Waals surface area contributed by atoms with E-state index in [1.165, 1.54) is 6.07 Å². The summed E-state index contributed by atoms with van der Waals surface area (Å²) in [4.78, 5) is 12.9. The number of nitrogens with zero attached hydrogens (tertiary/aromatic N) is 1. The number of benzene rings is 3. The van der Waals surface area contributed by atoms with Crippen LogP contribution in [0, 0.1) is 17.1 Å². The lowest BCUT2D eigenvalue weighted by Crippen LogP contribution is -2.05. The van der Waals surface area contributed by atoms with Gasteiger partial charge in [-0.25, -0.2) is 4.39 Å². The van der Waals surface area contributed by atoms with E-state index < -0.39 is 5.82 Å². The van der Waals surface area contributed by atoms with Gasteiger partial charge in [0, 0.05) is 23.4 Å². The third kappa shape index (κ3) is 3.00. The van der Waals surface area contributed by atoms with Gasteiger partial charge in [0.2, 0.25) is 0 Å². The van der Waals surface area contributed by atoms with E-state index in [-0.39, 0.29) is 17.3 Å². The summed E-state index contributed by atoms with van der Waals surface area (Å²) in [5.74, 6) is -1.16. The minimum Gasteiger partial charge on any atom is -0.361 e. The number of hydrogen-bond donors (Lipinski definition) is 1. The molecule has 0 radical (unpaired) electrons. The lowest BCUT2D eigenvalue weighted by molar-refractivity contribution is 0.103. The zero-order valence-electron chi connectivity index (χ0n) is 14.3. The number of rotatable bonds is 3. The number of carbonyl (C=O) groups excluding carboxylic acids is 1. The van der Waals surface area contributed by atoms with Crippen LogP contribution in [0.2, 0.25) is 0 Å². The molecular formula is C23H15FN2O. The van der Waals surface area contributed by atoms with E-state index in [2.05, 4.69) is 11.4 Å². The minimum absolute atomic E-state index is 0.130. The summed E-state index contributed by atoms with van der Waals surface area (Å²) < 4.78 is 14.4. The molecule has 0 aliphatic heterocycles. The van der Waals surface area contributed by atoms with Gasteiger partial charge in [0.05, 0.1) is 17.2 Å². The zero-order valence-corrected chi connectivity index (χ0v) is 14.3. The van der Waals surface area contributed by atoms with Crippen LogP contribution >= 0.6 is 0 Å². The molecule has 0 saturated carbocycles. The summed E-state index contributed by atoms with van der Waals surface area (Å²) in [6.45, 7) is 0. The number of carbonyl (C=O) groups is 1. The van der Waals surface area contributed by atoms with Crippen molar-refractivity contribution in [2.45, 2.75) is 5.92 Å². The van der Waals surface area contributed by atoms with Crippen molar-refractivity contribution in [3.8, 4) is 6.07 Å². The molecule has 1 aliphatic carbocycles. The Hall–Kier alpha value is -3.71. The fourth-order valence-corrected chi connectivity index (χ4v) is 3.46. The average molecular weight is 354 g/mol. The molecule has 3 aromatic carbocycles. The second-order valence-electron chi connectivity index (χ2n) is 6.31. The van der Waals surface area contributed by atoms with Crippen molar-refractivity contribution in [3.05, 3.63) is 113 Å². The molecule has 0 spiro atoms. The number of ketones is 1. The highest BCUT2D eigenvalue weighted by Gasteiger charge is 2.37. The summed E-state index contributed by atoms with van der Waals surface area (Å²) in [5.41, 5.74) is 3.41. The maximum Gasteiger partial charge on any atom is 0.194 e. The molecule has 4 rings (SSSR count). The van der Waals surface area contributed by atoms with Gasteiger partial charge < -0.3 is 5.32 Å². The van der Waals surface area contributed by atoms with E-state index in [0.717, 1.165) is 5.56 Å². The van der Waals surface area contributed by atoms with Crippen molar-refractivity contribution in [2.75, 3.05) is 5.32 Å². The van der Waals surface area contributed by atoms with Crippen LogP contribution in [0.5, 0.6) is 0 Å². The summed E-state index contributed by atoms with van der Waals surface area (Å²) >= 11 is 0. The first-order chi connectivity index (χ1) is 13.2. The first-order valence-corrected chi connectivity index (χ1v) is 8.54. The lowest BCUT2D eigenvalue weighted by atomic mass is 9.90. The fourth-order valence-electron chi connectivity index (χ4n) is 3.46. The van der Waals surface area contributed by atoms with Gasteiger partial charge in [-0.1, -0.05) is 48.5 Å². The molecule has 0 fully saturated rings. The second-order valence-corrected chi connectivity index (χ2v) is 6.31. The van der Waals surface area contributed by atoms with Crippen LogP contribution in [0.25, 0.3) is 0 Å². The van der Waals surface area contributed by atoms with Crippen molar-refractivity contribution >= 4 is 11.5 Å². The van der Waals surface area contributed by atoms with Gasteiger partial charge in [0.15, 0.2) is 5.78 Å². The zero-order chi connectivity index (χ0) is 18.8. The molecule has 0 amide bonds. The molecule has 3 aromatic rings. The van der Waals surface area contributed by atoms with Gasteiger partial charge in [-0.15, -0.1) is 0 Å². The maximum atomic E-state index is 14.4. The number of allylic oxidation sites excluding steroid dienone is 1. The van der Waals surface area contributed by atoms with Crippen molar-refractivity contribution in [1.82, 2.24) is 0 Å². The summed E-state index contributed by atoms with van der Waals surface area (Å²) in [5, 5.41) is 12.1. The topological polar surface area (TPSA) is 52.9 Å². The van der Waals surface area contributed by atoms with E-state index in [9.17, 15) is 9.18 Å². The highest BCUT2D eigenvalue weighted by Crippen LogP contribution is 2.42. The molecule has 1 N–H and O–H groups in total. The Labute approximate surface area is 156 Å². The van der Waals surface area contributed by atoms with Gasteiger partial charge in [-0.2, -0.15) is 5.26 Å². The summed E-state index contributed by atoms with van der Waals surface area (Å²) in [7, 11) is 0.